The lowest BCUT2D eigenvalue weighted by molar-refractivity contribution is -0.125. The summed E-state index contributed by atoms with van der Waals surface area (Å²) in [7, 11) is 1.62. The highest BCUT2D eigenvalue weighted by atomic mass is 16.3. The standard InChI is InChI=1S/C13H20N2O2/c1-11(13(17)14-2)15(8-9-16)10-12-6-4-3-5-7-12/h3-7,11,16H,8-10H2,1-2H3,(H,14,17). The third-order valence-electron chi connectivity index (χ3n) is 2.79. The molecule has 1 aromatic carbocycles. The van der Waals surface area contributed by atoms with Gasteiger partial charge in [-0.3, -0.25) is 9.69 Å². The number of nitrogens with one attached hydrogen (secondary N) is 1. The van der Waals surface area contributed by atoms with Gasteiger partial charge in [-0.05, 0) is 12.5 Å². The van der Waals surface area contributed by atoms with Gasteiger partial charge in [0.05, 0.1) is 12.6 Å². The molecule has 2 N–H and O–H groups in total. The topological polar surface area (TPSA) is 52.6 Å². The predicted molar refractivity (Wildman–Crippen MR) is 67.5 cm³/mol. The molecule has 94 valence electrons. The van der Waals surface area contributed by atoms with Crippen LogP contribution in [0.2, 0.25) is 0 Å². The molecule has 0 spiro atoms. The first-order chi connectivity index (χ1) is 8.19. The van der Waals surface area contributed by atoms with E-state index in [4.69, 9.17) is 5.11 Å². The van der Waals surface area contributed by atoms with Crippen molar-refractivity contribution >= 4 is 5.91 Å². The van der Waals surface area contributed by atoms with E-state index in [0.29, 0.717) is 13.1 Å². The van der Waals surface area contributed by atoms with Crippen molar-refractivity contribution in [3.63, 3.8) is 0 Å². The largest absolute Gasteiger partial charge is 0.395 e. The summed E-state index contributed by atoms with van der Waals surface area (Å²) in [5.41, 5.74) is 1.14. The summed E-state index contributed by atoms with van der Waals surface area (Å²) < 4.78 is 0. The lowest BCUT2D eigenvalue weighted by atomic mass is 10.1. The van der Waals surface area contributed by atoms with Crippen molar-refractivity contribution in [1.29, 1.82) is 0 Å². The van der Waals surface area contributed by atoms with E-state index < -0.39 is 0 Å². The molecule has 0 heterocycles. The van der Waals surface area contributed by atoms with Crippen LogP contribution in [0.4, 0.5) is 0 Å². The van der Waals surface area contributed by atoms with Crippen LogP contribution >= 0.6 is 0 Å². The summed E-state index contributed by atoms with van der Waals surface area (Å²) in [6.07, 6.45) is 0. The number of aliphatic hydroxyl groups excluding tert-OH is 1. The lowest BCUT2D eigenvalue weighted by Crippen LogP contribution is -2.44. The fourth-order valence-electron chi connectivity index (χ4n) is 1.73. The number of benzene rings is 1. The van der Waals surface area contributed by atoms with Crippen molar-refractivity contribution < 1.29 is 9.90 Å². The Morgan fingerprint density at radius 2 is 2.06 bits per heavy atom. The van der Waals surface area contributed by atoms with Crippen LogP contribution in [0, 0.1) is 0 Å². The van der Waals surface area contributed by atoms with Gasteiger partial charge in [-0.2, -0.15) is 0 Å². The van der Waals surface area contributed by atoms with Gasteiger partial charge in [0.15, 0.2) is 0 Å². The van der Waals surface area contributed by atoms with Gasteiger partial charge in [0, 0.05) is 20.1 Å². The number of hydrogen-bond acceptors (Lipinski definition) is 3. The Morgan fingerprint density at radius 1 is 1.41 bits per heavy atom. The van der Waals surface area contributed by atoms with E-state index in [0.717, 1.165) is 5.56 Å². The SMILES string of the molecule is CNC(=O)C(C)N(CCO)Cc1ccccc1. The van der Waals surface area contributed by atoms with Gasteiger partial charge in [-0.25, -0.2) is 0 Å². The van der Waals surface area contributed by atoms with Gasteiger partial charge in [0.25, 0.3) is 0 Å². The number of rotatable bonds is 6. The van der Waals surface area contributed by atoms with Crippen molar-refractivity contribution in [3.8, 4) is 0 Å². The summed E-state index contributed by atoms with van der Waals surface area (Å²) in [4.78, 5) is 13.5. The van der Waals surface area contributed by atoms with Crippen molar-refractivity contribution in [2.45, 2.75) is 19.5 Å². The lowest BCUT2D eigenvalue weighted by Gasteiger charge is -2.27. The Bertz CT molecular complexity index is 341. The van der Waals surface area contributed by atoms with Crippen molar-refractivity contribution in [3.05, 3.63) is 35.9 Å². The normalized spacial score (nSPS) is 12.5. The first-order valence-corrected chi connectivity index (χ1v) is 5.79. The fourth-order valence-corrected chi connectivity index (χ4v) is 1.73. The maximum Gasteiger partial charge on any atom is 0.236 e. The zero-order chi connectivity index (χ0) is 12.7. The third-order valence-corrected chi connectivity index (χ3v) is 2.79. The molecule has 4 nitrogen and oxygen atoms in total. The monoisotopic (exact) mass is 236 g/mol. The molecule has 0 aliphatic rings. The Kier molecular flexibility index (Phi) is 5.66. The average molecular weight is 236 g/mol. The van der Waals surface area contributed by atoms with Crippen LogP contribution in [0.3, 0.4) is 0 Å². The minimum atomic E-state index is -0.243. The van der Waals surface area contributed by atoms with Crippen LogP contribution in [0.15, 0.2) is 30.3 Å². The van der Waals surface area contributed by atoms with Gasteiger partial charge >= 0.3 is 0 Å². The first kappa shape index (κ1) is 13.7. The number of carbonyl (C=O) groups is 1. The number of carbonyl (C=O) groups excluding carboxylic acids is 1. The Balaban J connectivity index is 2.69. The number of nitrogens with zero attached hydrogens (tertiary/aromatic N) is 1. The van der Waals surface area contributed by atoms with Crippen LogP contribution in [0.25, 0.3) is 0 Å². The molecule has 0 fully saturated rings. The number of amides is 1. The van der Waals surface area contributed by atoms with Gasteiger partial charge < -0.3 is 10.4 Å². The second kappa shape index (κ2) is 7.04. The molecule has 0 saturated heterocycles. The van der Waals surface area contributed by atoms with Gasteiger partial charge in [0.2, 0.25) is 5.91 Å². The van der Waals surface area contributed by atoms with Gasteiger partial charge in [-0.1, -0.05) is 30.3 Å². The van der Waals surface area contributed by atoms with Crippen molar-refractivity contribution in [2.24, 2.45) is 0 Å². The maximum absolute atomic E-state index is 11.6. The molecule has 1 rings (SSSR count). The van der Waals surface area contributed by atoms with E-state index in [2.05, 4.69) is 5.32 Å². The molecule has 1 atom stereocenters. The zero-order valence-corrected chi connectivity index (χ0v) is 10.4. The summed E-state index contributed by atoms with van der Waals surface area (Å²) in [5.74, 6) is -0.0330. The van der Waals surface area contributed by atoms with Crippen LogP contribution in [-0.2, 0) is 11.3 Å². The molecular weight excluding hydrogens is 216 g/mol. The molecule has 1 amide bonds. The molecular formula is C13H20N2O2. The second-order valence-electron chi connectivity index (χ2n) is 3.97. The van der Waals surface area contributed by atoms with Crippen LogP contribution in [0.5, 0.6) is 0 Å². The summed E-state index contributed by atoms with van der Waals surface area (Å²) in [6, 6.07) is 9.69. The third kappa shape index (κ3) is 4.17. The highest BCUT2D eigenvalue weighted by Crippen LogP contribution is 2.08. The Labute approximate surface area is 102 Å². The highest BCUT2D eigenvalue weighted by Gasteiger charge is 2.19. The Hall–Kier alpha value is -1.39. The van der Waals surface area contributed by atoms with Crippen molar-refractivity contribution in [2.75, 3.05) is 20.2 Å². The predicted octanol–water partition coefficient (Wildman–Crippen LogP) is 0.615. The quantitative estimate of drug-likeness (QED) is 0.761. The van der Waals surface area contributed by atoms with Crippen LogP contribution in [0.1, 0.15) is 12.5 Å². The molecule has 0 aliphatic carbocycles. The summed E-state index contributed by atoms with van der Waals surface area (Å²) in [6.45, 7) is 3.05. The van der Waals surface area contributed by atoms with Crippen LogP contribution < -0.4 is 5.32 Å². The number of likely N-dealkylation sites (N-methyl/N-ethyl adjacent to an activating group) is 1. The molecule has 17 heavy (non-hydrogen) atoms. The number of aliphatic hydroxyl groups is 1. The summed E-state index contributed by atoms with van der Waals surface area (Å²) in [5, 5.41) is 11.7. The molecule has 1 aromatic rings. The zero-order valence-electron chi connectivity index (χ0n) is 10.4. The summed E-state index contributed by atoms with van der Waals surface area (Å²) >= 11 is 0. The molecule has 0 radical (unpaired) electrons. The van der Waals surface area contributed by atoms with E-state index in [1.54, 1.807) is 7.05 Å². The minimum absolute atomic E-state index is 0.0330. The van der Waals surface area contributed by atoms with Gasteiger partial charge in [0.1, 0.15) is 0 Å². The van der Waals surface area contributed by atoms with E-state index >= 15 is 0 Å². The van der Waals surface area contributed by atoms with Gasteiger partial charge in [-0.15, -0.1) is 0 Å². The van der Waals surface area contributed by atoms with Crippen LogP contribution in [-0.4, -0.2) is 42.2 Å². The first-order valence-electron chi connectivity index (χ1n) is 5.79. The average Bonchev–Trinajstić information content (AvgIpc) is 2.37. The van der Waals surface area contributed by atoms with Crippen molar-refractivity contribution in [1.82, 2.24) is 10.2 Å². The van der Waals surface area contributed by atoms with E-state index in [-0.39, 0.29) is 18.6 Å². The molecule has 0 aliphatic heterocycles. The van der Waals surface area contributed by atoms with E-state index in [9.17, 15) is 4.79 Å². The smallest absolute Gasteiger partial charge is 0.236 e. The maximum atomic E-state index is 11.6. The van der Waals surface area contributed by atoms with E-state index in [1.807, 2.05) is 42.2 Å². The highest BCUT2D eigenvalue weighted by molar-refractivity contribution is 5.80. The second-order valence-corrected chi connectivity index (χ2v) is 3.97. The fraction of sp³-hybridized carbons (Fsp3) is 0.462. The molecule has 0 bridgehead atoms. The molecule has 4 heteroatoms. The Morgan fingerprint density at radius 3 is 2.59 bits per heavy atom. The molecule has 0 aromatic heterocycles. The molecule has 1 unspecified atom stereocenters. The minimum Gasteiger partial charge on any atom is -0.395 e. The number of hydrogen-bond donors (Lipinski definition) is 2. The van der Waals surface area contributed by atoms with E-state index in [1.165, 1.54) is 0 Å². The molecule has 0 saturated carbocycles.